The lowest BCUT2D eigenvalue weighted by Crippen LogP contribution is -2.40. The summed E-state index contributed by atoms with van der Waals surface area (Å²) in [6.07, 6.45) is 2.50. The van der Waals surface area contributed by atoms with Crippen molar-refractivity contribution in [1.82, 2.24) is 10.2 Å². The van der Waals surface area contributed by atoms with Gasteiger partial charge in [0.25, 0.3) is 0 Å². The number of para-hydroxylation sites is 1. The van der Waals surface area contributed by atoms with Gasteiger partial charge in [0.15, 0.2) is 17.5 Å². The molecule has 0 bridgehead atoms. The summed E-state index contributed by atoms with van der Waals surface area (Å²) in [6, 6.07) is 5.52. The average Bonchev–Trinajstić information content (AvgIpc) is 3.00. The Bertz CT molecular complexity index is 564. The molecule has 1 aliphatic heterocycles. The van der Waals surface area contributed by atoms with Crippen LogP contribution in [0.3, 0.4) is 0 Å². The van der Waals surface area contributed by atoms with Crippen molar-refractivity contribution in [3.63, 3.8) is 0 Å². The van der Waals surface area contributed by atoms with Gasteiger partial charge in [0.1, 0.15) is 0 Å². The minimum atomic E-state index is 0. The summed E-state index contributed by atoms with van der Waals surface area (Å²) in [6.45, 7) is 10.0. The fourth-order valence-corrected chi connectivity index (χ4v) is 3.33. The summed E-state index contributed by atoms with van der Waals surface area (Å²) < 4.78 is 5.17. The molecule has 0 amide bonds. The Labute approximate surface area is 168 Å². The monoisotopic (exact) mass is 461 g/mol. The highest BCUT2D eigenvalue weighted by molar-refractivity contribution is 14.0. The van der Waals surface area contributed by atoms with Crippen LogP contribution in [-0.2, 0) is 6.54 Å². The van der Waals surface area contributed by atoms with Crippen molar-refractivity contribution in [2.45, 2.75) is 40.2 Å². The van der Waals surface area contributed by atoms with E-state index in [1.165, 1.54) is 12.8 Å². The molecular formula is C19H32IN3O2. The van der Waals surface area contributed by atoms with Gasteiger partial charge >= 0.3 is 0 Å². The van der Waals surface area contributed by atoms with Crippen molar-refractivity contribution in [2.75, 3.05) is 26.7 Å². The topological polar surface area (TPSA) is 57.1 Å². The highest BCUT2D eigenvalue weighted by Gasteiger charge is 2.25. The van der Waals surface area contributed by atoms with Gasteiger partial charge in [0.05, 0.1) is 13.7 Å². The van der Waals surface area contributed by atoms with Crippen LogP contribution in [0.15, 0.2) is 23.2 Å². The van der Waals surface area contributed by atoms with E-state index in [1.807, 2.05) is 12.1 Å². The Kier molecular flexibility index (Phi) is 9.38. The highest BCUT2D eigenvalue weighted by atomic mass is 127. The molecule has 1 fully saturated rings. The molecule has 2 N–H and O–H groups in total. The summed E-state index contributed by atoms with van der Waals surface area (Å²) in [5.41, 5.74) is 0.780. The molecule has 0 saturated carbocycles. The Morgan fingerprint density at radius 3 is 2.84 bits per heavy atom. The molecule has 0 aliphatic carbocycles. The number of rotatable bonds is 6. The van der Waals surface area contributed by atoms with E-state index in [0.29, 0.717) is 12.3 Å². The fraction of sp³-hybridized carbons (Fsp3) is 0.632. The maximum absolute atomic E-state index is 10.2. The number of hydrogen-bond acceptors (Lipinski definition) is 3. The predicted octanol–water partition coefficient (Wildman–Crippen LogP) is 3.85. The zero-order valence-corrected chi connectivity index (χ0v) is 18.1. The standard InChI is InChI=1S/C19H31N3O2.HI/c1-5-20-19(22-10-9-15(13-22)11-14(2)3)21-12-16-7-6-8-17(24-4)18(16)23;/h6-8,14-15,23H,5,9-13H2,1-4H3,(H,20,21);1H. The van der Waals surface area contributed by atoms with Gasteiger partial charge in [-0.1, -0.05) is 26.0 Å². The molecule has 0 spiro atoms. The van der Waals surface area contributed by atoms with Gasteiger partial charge in [-0.25, -0.2) is 4.99 Å². The van der Waals surface area contributed by atoms with Crippen LogP contribution in [0.1, 0.15) is 39.2 Å². The van der Waals surface area contributed by atoms with Gasteiger partial charge in [-0.15, -0.1) is 24.0 Å². The minimum absolute atomic E-state index is 0. The molecule has 1 aliphatic rings. The van der Waals surface area contributed by atoms with Gasteiger partial charge in [0.2, 0.25) is 0 Å². The fourth-order valence-electron chi connectivity index (χ4n) is 3.33. The number of guanidine groups is 1. The molecule has 0 aromatic heterocycles. The first-order valence-electron chi connectivity index (χ1n) is 8.93. The molecule has 1 atom stereocenters. The predicted molar refractivity (Wildman–Crippen MR) is 114 cm³/mol. The largest absolute Gasteiger partial charge is 0.504 e. The Morgan fingerprint density at radius 1 is 1.44 bits per heavy atom. The molecule has 0 radical (unpaired) electrons. The summed E-state index contributed by atoms with van der Waals surface area (Å²) in [7, 11) is 1.56. The molecule has 1 aromatic rings. The summed E-state index contributed by atoms with van der Waals surface area (Å²) in [4.78, 5) is 7.07. The van der Waals surface area contributed by atoms with Crippen molar-refractivity contribution in [3.8, 4) is 11.5 Å². The van der Waals surface area contributed by atoms with Crippen molar-refractivity contribution in [3.05, 3.63) is 23.8 Å². The molecule has 1 heterocycles. The van der Waals surface area contributed by atoms with Crippen LogP contribution in [-0.4, -0.2) is 42.7 Å². The number of phenolic OH excluding ortho intramolecular Hbond substituents is 1. The van der Waals surface area contributed by atoms with Crippen molar-refractivity contribution >= 4 is 29.9 Å². The molecule has 6 heteroatoms. The van der Waals surface area contributed by atoms with E-state index >= 15 is 0 Å². The molecule has 5 nitrogen and oxygen atoms in total. The van der Waals surface area contributed by atoms with Crippen LogP contribution in [0.25, 0.3) is 0 Å². The number of hydrogen-bond donors (Lipinski definition) is 2. The Balaban J connectivity index is 0.00000312. The van der Waals surface area contributed by atoms with E-state index < -0.39 is 0 Å². The normalized spacial score (nSPS) is 17.6. The quantitative estimate of drug-likeness (QED) is 0.384. The van der Waals surface area contributed by atoms with E-state index in [-0.39, 0.29) is 29.7 Å². The lowest BCUT2D eigenvalue weighted by Gasteiger charge is -2.22. The third-order valence-corrected chi connectivity index (χ3v) is 4.43. The SMILES string of the molecule is CCNC(=NCc1cccc(OC)c1O)N1CCC(CC(C)C)C1.I. The van der Waals surface area contributed by atoms with Gasteiger partial charge in [-0.2, -0.15) is 0 Å². The van der Waals surface area contributed by atoms with E-state index in [4.69, 9.17) is 9.73 Å². The number of methoxy groups -OCH3 is 1. The van der Waals surface area contributed by atoms with Crippen LogP contribution in [0.4, 0.5) is 0 Å². The average molecular weight is 461 g/mol. The lowest BCUT2D eigenvalue weighted by atomic mass is 9.97. The van der Waals surface area contributed by atoms with Crippen LogP contribution in [0, 0.1) is 11.8 Å². The second-order valence-electron chi connectivity index (χ2n) is 6.87. The first-order chi connectivity index (χ1) is 11.5. The van der Waals surface area contributed by atoms with E-state index in [0.717, 1.165) is 43.0 Å². The van der Waals surface area contributed by atoms with Crippen LogP contribution in [0.5, 0.6) is 11.5 Å². The number of benzene rings is 1. The summed E-state index contributed by atoms with van der Waals surface area (Å²) >= 11 is 0. The molecule has 2 rings (SSSR count). The molecule has 25 heavy (non-hydrogen) atoms. The van der Waals surface area contributed by atoms with Gasteiger partial charge < -0.3 is 20.1 Å². The summed E-state index contributed by atoms with van der Waals surface area (Å²) in [5, 5.41) is 13.6. The number of nitrogens with zero attached hydrogens (tertiary/aromatic N) is 2. The minimum Gasteiger partial charge on any atom is -0.504 e. The number of halogens is 1. The van der Waals surface area contributed by atoms with Crippen molar-refractivity contribution in [1.29, 1.82) is 0 Å². The molecule has 142 valence electrons. The van der Waals surface area contributed by atoms with Gasteiger partial charge in [-0.3, -0.25) is 0 Å². The maximum Gasteiger partial charge on any atom is 0.194 e. The van der Waals surface area contributed by atoms with Crippen molar-refractivity contribution in [2.24, 2.45) is 16.8 Å². The molecule has 1 unspecified atom stereocenters. The summed E-state index contributed by atoms with van der Waals surface area (Å²) in [5.74, 6) is 3.10. The number of phenols is 1. The van der Waals surface area contributed by atoms with Crippen molar-refractivity contribution < 1.29 is 9.84 Å². The van der Waals surface area contributed by atoms with E-state index in [1.54, 1.807) is 13.2 Å². The number of likely N-dealkylation sites (tertiary alicyclic amines) is 1. The number of aliphatic imine (C=N–C) groups is 1. The smallest absolute Gasteiger partial charge is 0.194 e. The Hall–Kier alpha value is -1.18. The van der Waals surface area contributed by atoms with Gasteiger partial charge in [-0.05, 0) is 37.7 Å². The van der Waals surface area contributed by atoms with Gasteiger partial charge in [0, 0.05) is 25.2 Å². The molecular weight excluding hydrogens is 429 g/mol. The number of nitrogens with one attached hydrogen (secondary N) is 1. The van der Waals surface area contributed by atoms with Crippen LogP contribution < -0.4 is 10.1 Å². The highest BCUT2D eigenvalue weighted by Crippen LogP contribution is 2.30. The van der Waals surface area contributed by atoms with Crippen LogP contribution in [0.2, 0.25) is 0 Å². The first-order valence-corrected chi connectivity index (χ1v) is 8.93. The number of ether oxygens (including phenoxy) is 1. The van der Waals surface area contributed by atoms with Crippen LogP contribution >= 0.6 is 24.0 Å². The zero-order chi connectivity index (χ0) is 17.5. The van der Waals surface area contributed by atoms with E-state index in [9.17, 15) is 5.11 Å². The zero-order valence-electron chi connectivity index (χ0n) is 15.8. The lowest BCUT2D eigenvalue weighted by molar-refractivity contribution is 0.370. The molecule has 1 saturated heterocycles. The third-order valence-electron chi connectivity index (χ3n) is 4.43. The third kappa shape index (κ3) is 6.24. The maximum atomic E-state index is 10.2. The Morgan fingerprint density at radius 2 is 2.20 bits per heavy atom. The molecule has 1 aromatic carbocycles. The number of aromatic hydroxyl groups is 1. The first kappa shape index (κ1) is 21.9. The second kappa shape index (κ2) is 10.7. The second-order valence-corrected chi connectivity index (χ2v) is 6.87. The van der Waals surface area contributed by atoms with E-state index in [2.05, 4.69) is 31.0 Å².